The van der Waals surface area contributed by atoms with Crippen molar-refractivity contribution >= 4 is 71.5 Å². The maximum Gasteiger partial charge on any atom is 0.238 e. The van der Waals surface area contributed by atoms with E-state index in [9.17, 15) is 0 Å². The van der Waals surface area contributed by atoms with Gasteiger partial charge in [-0.2, -0.15) is 9.97 Å². The Bertz CT molecular complexity index is 4360. The summed E-state index contributed by atoms with van der Waals surface area (Å²) in [4.78, 5) is 15.8. The Morgan fingerprint density at radius 3 is 1.32 bits per heavy atom. The average Bonchev–Trinajstić information content (AvgIpc) is 4.16. The zero-order valence-corrected chi connectivity index (χ0v) is 38.8. The maximum absolute atomic E-state index is 5.34. The molecule has 7 nitrogen and oxygen atoms in total. The molecule has 0 fully saturated rings. The molecule has 0 aliphatic rings. The van der Waals surface area contributed by atoms with Gasteiger partial charge in [-0.3, -0.25) is 4.57 Å². The van der Waals surface area contributed by atoms with Crippen LogP contribution in [0.25, 0.3) is 129 Å². The van der Waals surface area contributed by atoms with Gasteiger partial charge < -0.3 is 13.7 Å². The van der Waals surface area contributed by atoms with Gasteiger partial charge in [0.15, 0.2) is 11.6 Å². The quantitative estimate of drug-likeness (QED) is 0.153. The minimum atomic E-state index is 0.519. The van der Waals surface area contributed by atoms with Crippen LogP contribution in [0.1, 0.15) is 11.1 Å². The van der Waals surface area contributed by atoms with Crippen LogP contribution in [0.2, 0.25) is 0 Å². The van der Waals surface area contributed by atoms with Crippen molar-refractivity contribution in [1.29, 1.82) is 0 Å². The first-order valence-electron chi connectivity index (χ1n) is 24.0. The molecule has 0 unspecified atom stereocenters. The molecule has 5 heterocycles. The molecule has 0 radical (unpaired) electrons. The van der Waals surface area contributed by atoms with Gasteiger partial charge in [0.1, 0.15) is 0 Å². The Kier molecular flexibility index (Phi) is 9.13. The van der Waals surface area contributed by atoms with Crippen LogP contribution < -0.4 is 0 Å². The summed E-state index contributed by atoms with van der Waals surface area (Å²) in [5, 5.41) is 7.02. The smallest absolute Gasteiger partial charge is 0.238 e. The fraction of sp³-hybridized carbons (Fsp3) is 0.0156. The zero-order valence-electron chi connectivity index (χ0n) is 38.8. The number of aryl methyl sites for hydroxylation is 1. The van der Waals surface area contributed by atoms with E-state index < -0.39 is 0 Å². The van der Waals surface area contributed by atoms with Crippen LogP contribution >= 0.6 is 0 Å². The summed E-state index contributed by atoms with van der Waals surface area (Å²) < 4.78 is 9.56. The number of aromatic nitrogens is 7. The number of benzene rings is 9. The molecular weight excluding hydrogens is 867 g/mol. The van der Waals surface area contributed by atoms with Crippen molar-refractivity contribution in [3.05, 3.63) is 242 Å². The van der Waals surface area contributed by atoms with Crippen LogP contribution in [0.3, 0.4) is 0 Å². The number of fused-ring (bicyclic) bond motifs is 9. The summed E-state index contributed by atoms with van der Waals surface area (Å²) >= 11 is 0. The van der Waals surface area contributed by atoms with E-state index in [0.717, 1.165) is 83.5 Å². The van der Waals surface area contributed by atoms with Gasteiger partial charge in [0.05, 0.1) is 44.5 Å². The minimum absolute atomic E-state index is 0.519. The van der Waals surface area contributed by atoms with Crippen molar-refractivity contribution in [2.75, 3.05) is 0 Å². The number of hydrogen-bond acceptors (Lipinski definition) is 3. The molecule has 0 aliphatic heterocycles. The van der Waals surface area contributed by atoms with Crippen molar-refractivity contribution in [3.63, 3.8) is 0 Å². The zero-order chi connectivity index (χ0) is 47.2. The fourth-order valence-electron chi connectivity index (χ4n) is 11.1. The van der Waals surface area contributed by atoms with Crippen molar-refractivity contribution < 1.29 is 0 Å². The van der Waals surface area contributed by atoms with Crippen LogP contribution in [-0.4, -0.2) is 33.2 Å². The molecule has 0 atom stereocenters. The predicted molar refractivity (Wildman–Crippen MR) is 293 cm³/mol. The summed E-state index contributed by atoms with van der Waals surface area (Å²) in [5.41, 5.74) is 15.8. The maximum atomic E-state index is 5.34. The monoisotopic (exact) mass is 909 g/mol. The molecule has 0 saturated heterocycles. The Morgan fingerprint density at radius 1 is 0.352 bits per heavy atom. The molecular formula is C64H43N7. The molecule has 71 heavy (non-hydrogen) atoms. The SMILES string of the molecule is C=Cc1c(-c2c(C)c3ccccc3n2-c2cccc(-n3c4ccccc4c4ccc5c6ccccc6n(-c6ccccc6)c5c43)c2)n(-c2nc(-c3ccccc3)nc(-c3ccccc3)n2)c2ccccc12. The summed E-state index contributed by atoms with van der Waals surface area (Å²) in [5.74, 6) is 1.70. The van der Waals surface area contributed by atoms with E-state index in [4.69, 9.17) is 15.0 Å². The highest BCUT2D eigenvalue weighted by Crippen LogP contribution is 2.45. The molecule has 7 heteroatoms. The first-order valence-corrected chi connectivity index (χ1v) is 24.0. The molecule has 0 saturated carbocycles. The lowest BCUT2D eigenvalue weighted by Gasteiger charge is -2.18. The van der Waals surface area contributed by atoms with Crippen LogP contribution in [0.15, 0.2) is 231 Å². The van der Waals surface area contributed by atoms with Crippen LogP contribution in [0.5, 0.6) is 0 Å². The number of rotatable bonds is 8. The number of hydrogen-bond donors (Lipinski definition) is 0. The molecule has 0 bridgehead atoms. The van der Waals surface area contributed by atoms with Crippen molar-refractivity contribution in [1.82, 2.24) is 33.2 Å². The molecule has 0 aliphatic carbocycles. The second-order valence-corrected chi connectivity index (χ2v) is 18.1. The van der Waals surface area contributed by atoms with Crippen LogP contribution in [0.4, 0.5) is 0 Å². The molecule has 14 rings (SSSR count). The minimum Gasteiger partial charge on any atom is -0.307 e. The topological polar surface area (TPSA) is 58.4 Å². The van der Waals surface area contributed by atoms with E-state index in [-0.39, 0.29) is 0 Å². The molecule has 5 aromatic heterocycles. The summed E-state index contributed by atoms with van der Waals surface area (Å²) in [6, 6.07) is 79.5. The molecule has 0 N–H and O–H groups in total. The Balaban J connectivity index is 1.07. The average molecular weight is 910 g/mol. The standard InChI is InChI=1S/C64H43N7/c1-3-47-49-31-14-20-37-57(49)71(64-66-62(42-22-7-4-8-23-42)65-63(67-64)43-24-9-5-10-25-43)59(47)58-41(2)48-30-13-17-34-54(48)69(58)45-28-21-29-46(40-45)70-56-36-19-16-33-51(56)53-39-38-52-50-32-15-18-35-55(50)68(60(52)61(53)70)44-26-11-6-12-27-44/h3-40H,1H2,2H3. The number of nitrogens with zero attached hydrogens (tertiary/aromatic N) is 7. The van der Waals surface area contributed by atoms with E-state index in [1.807, 2.05) is 42.5 Å². The van der Waals surface area contributed by atoms with Gasteiger partial charge in [0, 0.05) is 66.1 Å². The summed E-state index contributed by atoms with van der Waals surface area (Å²) in [6.45, 7) is 6.72. The van der Waals surface area contributed by atoms with Gasteiger partial charge in [0.2, 0.25) is 5.95 Å². The van der Waals surface area contributed by atoms with E-state index in [2.05, 4.69) is 220 Å². The lowest BCUT2D eigenvalue weighted by Crippen LogP contribution is -2.10. The van der Waals surface area contributed by atoms with Crippen molar-refractivity contribution in [2.45, 2.75) is 6.92 Å². The van der Waals surface area contributed by atoms with E-state index in [1.54, 1.807) is 0 Å². The molecule has 334 valence electrons. The van der Waals surface area contributed by atoms with Gasteiger partial charge >= 0.3 is 0 Å². The molecule has 14 aromatic rings. The van der Waals surface area contributed by atoms with Gasteiger partial charge in [-0.15, -0.1) is 0 Å². The highest BCUT2D eigenvalue weighted by atomic mass is 15.2. The lowest BCUT2D eigenvalue weighted by molar-refractivity contribution is 0.929. The first kappa shape index (κ1) is 40.5. The summed E-state index contributed by atoms with van der Waals surface area (Å²) in [7, 11) is 0. The molecule has 0 amide bonds. The van der Waals surface area contributed by atoms with E-state index in [1.165, 1.54) is 32.6 Å². The second-order valence-electron chi connectivity index (χ2n) is 18.1. The summed E-state index contributed by atoms with van der Waals surface area (Å²) in [6.07, 6.45) is 1.98. The van der Waals surface area contributed by atoms with Crippen LogP contribution in [-0.2, 0) is 0 Å². The second kappa shape index (κ2) is 16.0. The Hall–Kier alpha value is -9.59. The third-order valence-electron chi connectivity index (χ3n) is 14.2. The van der Waals surface area contributed by atoms with Gasteiger partial charge in [-0.05, 0) is 67.1 Å². The van der Waals surface area contributed by atoms with Crippen molar-refractivity contribution in [2.24, 2.45) is 0 Å². The third kappa shape index (κ3) is 6.13. The first-order chi connectivity index (χ1) is 35.1. The third-order valence-corrected chi connectivity index (χ3v) is 14.2. The van der Waals surface area contributed by atoms with E-state index in [0.29, 0.717) is 17.6 Å². The lowest BCUT2D eigenvalue weighted by atomic mass is 10.1. The largest absolute Gasteiger partial charge is 0.307 e. The highest BCUT2D eigenvalue weighted by molar-refractivity contribution is 6.24. The van der Waals surface area contributed by atoms with Crippen LogP contribution in [0, 0.1) is 6.92 Å². The van der Waals surface area contributed by atoms with Gasteiger partial charge in [0.25, 0.3) is 0 Å². The molecule has 9 aromatic carbocycles. The van der Waals surface area contributed by atoms with Gasteiger partial charge in [-0.25, -0.2) is 4.98 Å². The van der Waals surface area contributed by atoms with Gasteiger partial charge in [-0.1, -0.05) is 183 Å². The van der Waals surface area contributed by atoms with E-state index >= 15 is 0 Å². The van der Waals surface area contributed by atoms with Crippen molar-refractivity contribution in [3.8, 4) is 57.2 Å². The Morgan fingerprint density at radius 2 is 0.775 bits per heavy atom. The Labute approximate surface area is 409 Å². The molecule has 0 spiro atoms. The fourth-order valence-corrected chi connectivity index (χ4v) is 11.1. The normalized spacial score (nSPS) is 11.8. The number of para-hydroxylation sites is 5. The highest BCUT2D eigenvalue weighted by Gasteiger charge is 2.28. The predicted octanol–water partition coefficient (Wildman–Crippen LogP) is 15.9.